The van der Waals surface area contributed by atoms with Crippen LogP contribution in [0, 0.1) is 5.92 Å². The van der Waals surface area contributed by atoms with Crippen LogP contribution in [0.3, 0.4) is 0 Å². The summed E-state index contributed by atoms with van der Waals surface area (Å²) in [4.78, 5) is 22.8. The van der Waals surface area contributed by atoms with Gasteiger partial charge in [-0.1, -0.05) is 71.6 Å². The van der Waals surface area contributed by atoms with Gasteiger partial charge in [0.1, 0.15) is 6.54 Å². The molecule has 0 fully saturated rings. The van der Waals surface area contributed by atoms with Crippen molar-refractivity contribution in [3.63, 3.8) is 0 Å². The lowest BCUT2D eigenvalue weighted by Gasteiger charge is -2.29. The van der Waals surface area contributed by atoms with E-state index in [9.17, 15) is 14.7 Å². The number of hydrogen-bond acceptors (Lipinski definition) is 4. The Morgan fingerprint density at radius 1 is 0.926 bits per heavy atom. The molecule has 0 heterocycles. The third kappa shape index (κ3) is 18.0. The number of hydrogen-bond donors (Lipinski definition) is 0. The molecule has 0 aromatic heterocycles. The Labute approximate surface area is 167 Å². The van der Waals surface area contributed by atoms with Crippen LogP contribution in [-0.2, 0) is 14.3 Å². The summed E-state index contributed by atoms with van der Waals surface area (Å²) in [5, 5.41) is 10.8. The molecule has 0 spiro atoms. The Hall–Kier alpha value is -1.10. The van der Waals surface area contributed by atoms with Crippen LogP contribution in [0.2, 0.25) is 0 Å². The van der Waals surface area contributed by atoms with Crippen molar-refractivity contribution in [2.24, 2.45) is 5.92 Å². The Bertz CT molecular complexity index is 404. The third-order valence-corrected chi connectivity index (χ3v) is 4.82. The van der Waals surface area contributed by atoms with Gasteiger partial charge >= 0.3 is 5.97 Å². The number of carbonyl (C=O) groups excluding carboxylic acids is 2. The molecule has 0 saturated heterocycles. The molecule has 5 heteroatoms. The highest BCUT2D eigenvalue weighted by molar-refractivity contribution is 5.70. The molecule has 0 aliphatic carbocycles. The molecule has 0 aliphatic heterocycles. The molecule has 0 saturated carbocycles. The quantitative estimate of drug-likeness (QED) is 0.218. The summed E-state index contributed by atoms with van der Waals surface area (Å²) in [6.07, 6.45) is 11.6. The summed E-state index contributed by atoms with van der Waals surface area (Å²) in [6, 6.07) is 0. The van der Waals surface area contributed by atoms with Crippen LogP contribution in [0.25, 0.3) is 0 Å². The Kier molecular flexibility index (Phi) is 14.3. The smallest absolute Gasteiger partial charge is 0.306 e. The first-order valence-electron chi connectivity index (χ1n) is 10.8. The molecule has 0 aromatic carbocycles. The lowest BCUT2D eigenvalue weighted by Crippen LogP contribution is -2.45. The third-order valence-electron chi connectivity index (χ3n) is 4.82. The molecule has 0 rings (SSSR count). The minimum absolute atomic E-state index is 0.238. The summed E-state index contributed by atoms with van der Waals surface area (Å²) < 4.78 is 5.91. The van der Waals surface area contributed by atoms with Crippen LogP contribution in [0.15, 0.2) is 0 Å². The summed E-state index contributed by atoms with van der Waals surface area (Å²) >= 11 is 0. The van der Waals surface area contributed by atoms with Gasteiger partial charge in [-0.05, 0) is 12.3 Å². The molecule has 0 bridgehead atoms. The lowest BCUT2D eigenvalue weighted by molar-refractivity contribution is -0.873. The average molecular weight is 386 g/mol. The zero-order chi connectivity index (χ0) is 20.7. The number of rotatable bonds is 17. The number of carboxylic acid groups (broad SMARTS) is 1. The Balaban J connectivity index is 3.78. The molecule has 0 radical (unpaired) electrons. The van der Waals surface area contributed by atoms with Gasteiger partial charge in [-0.3, -0.25) is 4.79 Å². The molecule has 0 N–H and O–H groups in total. The van der Waals surface area contributed by atoms with Gasteiger partial charge in [-0.15, -0.1) is 0 Å². The van der Waals surface area contributed by atoms with E-state index >= 15 is 0 Å². The minimum atomic E-state index is -1.18. The van der Waals surface area contributed by atoms with Gasteiger partial charge in [-0.2, -0.15) is 0 Å². The maximum Gasteiger partial charge on any atom is 0.306 e. The van der Waals surface area contributed by atoms with E-state index in [4.69, 9.17) is 4.74 Å². The van der Waals surface area contributed by atoms with Gasteiger partial charge in [-0.25, -0.2) is 0 Å². The first-order chi connectivity index (χ1) is 12.6. The van der Waals surface area contributed by atoms with Gasteiger partial charge < -0.3 is 19.1 Å². The van der Waals surface area contributed by atoms with Crippen molar-refractivity contribution in [1.29, 1.82) is 0 Å². The maximum atomic E-state index is 12.0. The Morgan fingerprint density at radius 3 is 2.04 bits per heavy atom. The van der Waals surface area contributed by atoms with Gasteiger partial charge in [0.2, 0.25) is 0 Å². The zero-order valence-corrected chi connectivity index (χ0v) is 18.4. The van der Waals surface area contributed by atoms with Crippen molar-refractivity contribution in [3.8, 4) is 0 Å². The average Bonchev–Trinajstić information content (AvgIpc) is 2.53. The highest BCUT2D eigenvalue weighted by Crippen LogP contribution is 2.17. The van der Waals surface area contributed by atoms with Gasteiger partial charge in [0, 0.05) is 18.8 Å². The van der Waals surface area contributed by atoms with E-state index in [-0.39, 0.29) is 12.4 Å². The standard InChI is InChI=1S/C22H43NO4/c1-6-7-14-19(2)15-12-10-8-9-11-13-16-22(26)27-20(17-21(24)25)18-23(3,4)5/h19-20H,6-18H2,1-5H3. The highest BCUT2D eigenvalue weighted by Gasteiger charge is 2.22. The number of esters is 1. The van der Waals surface area contributed by atoms with E-state index in [1.165, 1.54) is 44.9 Å². The fourth-order valence-corrected chi connectivity index (χ4v) is 3.35. The number of ether oxygens (including phenoxy) is 1. The molecule has 27 heavy (non-hydrogen) atoms. The van der Waals surface area contributed by atoms with E-state index in [1.54, 1.807) is 0 Å². The molecule has 0 aromatic rings. The van der Waals surface area contributed by atoms with E-state index in [2.05, 4.69) is 13.8 Å². The van der Waals surface area contributed by atoms with Crippen molar-refractivity contribution in [3.05, 3.63) is 0 Å². The fourth-order valence-electron chi connectivity index (χ4n) is 3.35. The number of unbranched alkanes of at least 4 members (excludes halogenated alkanes) is 6. The highest BCUT2D eigenvalue weighted by atomic mass is 16.5. The van der Waals surface area contributed by atoms with E-state index in [0.717, 1.165) is 25.2 Å². The normalized spacial score (nSPS) is 14.0. The van der Waals surface area contributed by atoms with Crippen molar-refractivity contribution < 1.29 is 23.9 Å². The minimum Gasteiger partial charge on any atom is -0.550 e. The first-order valence-corrected chi connectivity index (χ1v) is 10.8. The largest absolute Gasteiger partial charge is 0.550 e. The molecular formula is C22H43NO4. The van der Waals surface area contributed by atoms with Crippen LogP contribution in [-0.4, -0.2) is 50.2 Å². The molecule has 5 nitrogen and oxygen atoms in total. The summed E-state index contributed by atoms with van der Waals surface area (Å²) in [5.74, 6) is -0.620. The van der Waals surface area contributed by atoms with Gasteiger partial charge in [0.25, 0.3) is 0 Å². The molecule has 160 valence electrons. The molecule has 2 unspecified atom stereocenters. The van der Waals surface area contributed by atoms with Crippen molar-refractivity contribution in [2.45, 2.75) is 97.0 Å². The van der Waals surface area contributed by atoms with Crippen molar-refractivity contribution >= 4 is 11.9 Å². The van der Waals surface area contributed by atoms with E-state index in [0.29, 0.717) is 17.4 Å². The lowest BCUT2D eigenvalue weighted by atomic mass is 9.97. The summed E-state index contributed by atoms with van der Waals surface area (Å²) in [7, 11) is 5.84. The topological polar surface area (TPSA) is 66.4 Å². The second-order valence-electron chi connectivity index (χ2n) is 9.07. The van der Waals surface area contributed by atoms with Crippen LogP contribution in [0.1, 0.15) is 90.9 Å². The Morgan fingerprint density at radius 2 is 1.48 bits per heavy atom. The number of nitrogens with zero attached hydrogens (tertiary/aromatic N) is 1. The van der Waals surface area contributed by atoms with Crippen LogP contribution in [0.4, 0.5) is 0 Å². The number of likely N-dealkylation sites (N-methyl/N-ethyl adjacent to an activating group) is 1. The van der Waals surface area contributed by atoms with E-state index in [1.807, 2.05) is 21.1 Å². The SMILES string of the molecule is CCCCC(C)CCCCCCCCC(=O)OC(CC(=O)[O-])C[N+](C)(C)C. The number of quaternary nitrogens is 1. The predicted molar refractivity (Wildman–Crippen MR) is 108 cm³/mol. The zero-order valence-electron chi connectivity index (χ0n) is 18.4. The van der Waals surface area contributed by atoms with Crippen LogP contribution >= 0.6 is 0 Å². The number of aliphatic carboxylic acids is 1. The van der Waals surface area contributed by atoms with Crippen molar-refractivity contribution in [1.82, 2.24) is 0 Å². The van der Waals surface area contributed by atoms with Crippen molar-refractivity contribution in [2.75, 3.05) is 27.7 Å². The van der Waals surface area contributed by atoms with E-state index < -0.39 is 12.1 Å². The number of carboxylic acids is 1. The maximum absolute atomic E-state index is 12.0. The van der Waals surface area contributed by atoms with Gasteiger partial charge in [0.05, 0.1) is 21.1 Å². The number of carbonyl (C=O) groups is 2. The first kappa shape index (κ1) is 25.9. The molecular weight excluding hydrogens is 342 g/mol. The summed E-state index contributed by atoms with van der Waals surface area (Å²) in [5.41, 5.74) is 0. The van der Waals surface area contributed by atoms with Gasteiger partial charge in [0.15, 0.2) is 6.10 Å². The summed E-state index contributed by atoms with van der Waals surface area (Å²) in [6.45, 7) is 5.07. The second-order valence-corrected chi connectivity index (χ2v) is 9.07. The molecule has 0 amide bonds. The predicted octanol–water partition coefficient (Wildman–Crippen LogP) is 3.69. The van der Waals surface area contributed by atoms with Crippen LogP contribution in [0.5, 0.6) is 0 Å². The van der Waals surface area contributed by atoms with Crippen LogP contribution < -0.4 is 5.11 Å². The molecule has 0 aliphatic rings. The fraction of sp³-hybridized carbons (Fsp3) is 0.909. The monoisotopic (exact) mass is 385 g/mol. The molecule has 2 atom stereocenters. The second kappa shape index (κ2) is 14.9.